The summed E-state index contributed by atoms with van der Waals surface area (Å²) in [5.74, 6) is 1.15. The van der Waals surface area contributed by atoms with Gasteiger partial charge in [-0.3, -0.25) is 4.79 Å². The Morgan fingerprint density at radius 3 is 2.87 bits per heavy atom. The van der Waals surface area contributed by atoms with Crippen LogP contribution in [0.15, 0.2) is 11.1 Å². The average molecular weight is 380 g/mol. The van der Waals surface area contributed by atoms with E-state index in [1.807, 2.05) is 9.47 Å². The quantitative estimate of drug-likeness (QED) is 0.820. The number of aryl methyl sites for hydroxylation is 1. The van der Waals surface area contributed by atoms with E-state index in [1.54, 1.807) is 13.3 Å². The average Bonchev–Trinajstić information content (AvgIpc) is 2.90. The number of hydrogen-bond donors (Lipinski definition) is 1. The summed E-state index contributed by atoms with van der Waals surface area (Å²) < 4.78 is 2.76. The lowest BCUT2D eigenvalue weighted by atomic mass is 9.93. The standard InChI is InChI=1S/C15H20BrN6O/c1-2-11(23)21-6-3-10(4-7-21)5-8-22-14-12(20-15(22)16)13(17)18-9-19-14/h2,9-10H,3-8H2,1H3,(H2,17,18,19). The molecule has 3 rings (SSSR count). The molecule has 1 fully saturated rings. The maximum absolute atomic E-state index is 11.7. The Balaban J connectivity index is 1.63. The Bertz CT molecular complexity index is 707. The monoisotopic (exact) mass is 379 g/mol. The zero-order chi connectivity index (χ0) is 16.4. The van der Waals surface area contributed by atoms with Gasteiger partial charge in [-0.2, -0.15) is 0 Å². The van der Waals surface area contributed by atoms with Gasteiger partial charge >= 0.3 is 0 Å². The van der Waals surface area contributed by atoms with E-state index in [9.17, 15) is 4.79 Å². The summed E-state index contributed by atoms with van der Waals surface area (Å²) in [7, 11) is 0. The number of piperidine rings is 1. The topological polar surface area (TPSA) is 89.9 Å². The van der Waals surface area contributed by atoms with Crippen LogP contribution in [-0.4, -0.2) is 43.4 Å². The molecule has 1 radical (unpaired) electrons. The van der Waals surface area contributed by atoms with E-state index in [0.717, 1.165) is 49.3 Å². The Hall–Kier alpha value is -1.70. The number of carbonyl (C=O) groups is 1. The second-order valence-electron chi connectivity index (χ2n) is 5.81. The molecule has 1 aliphatic heterocycles. The molecule has 123 valence electrons. The van der Waals surface area contributed by atoms with Gasteiger partial charge in [0.2, 0.25) is 5.91 Å². The summed E-state index contributed by atoms with van der Waals surface area (Å²) in [4.78, 5) is 26.3. The predicted molar refractivity (Wildman–Crippen MR) is 91.3 cm³/mol. The molecule has 0 atom stereocenters. The number of nitrogens with two attached hydrogens (primary N) is 1. The zero-order valence-corrected chi connectivity index (χ0v) is 14.7. The first-order valence-corrected chi connectivity index (χ1v) is 8.60. The summed E-state index contributed by atoms with van der Waals surface area (Å²) >= 11 is 3.48. The molecule has 0 aromatic carbocycles. The van der Waals surface area contributed by atoms with Crippen molar-refractivity contribution in [1.29, 1.82) is 0 Å². The number of likely N-dealkylation sites (tertiary alicyclic amines) is 1. The van der Waals surface area contributed by atoms with Crippen LogP contribution in [0.1, 0.15) is 26.2 Å². The summed E-state index contributed by atoms with van der Waals surface area (Å²) in [5, 5.41) is 0. The van der Waals surface area contributed by atoms with Crippen LogP contribution < -0.4 is 5.73 Å². The van der Waals surface area contributed by atoms with Crippen LogP contribution in [0.2, 0.25) is 0 Å². The molecular weight excluding hydrogens is 360 g/mol. The van der Waals surface area contributed by atoms with Crippen LogP contribution in [0.5, 0.6) is 0 Å². The number of amides is 1. The van der Waals surface area contributed by atoms with Crippen LogP contribution >= 0.6 is 15.9 Å². The van der Waals surface area contributed by atoms with Gasteiger partial charge in [0.1, 0.15) is 6.33 Å². The third kappa shape index (κ3) is 3.31. The smallest absolute Gasteiger partial charge is 0.226 e. The molecule has 8 heteroatoms. The number of halogens is 1. The number of aromatic nitrogens is 4. The van der Waals surface area contributed by atoms with Gasteiger partial charge in [0.15, 0.2) is 21.7 Å². The molecule has 0 bridgehead atoms. The minimum atomic E-state index is 0.138. The SMILES string of the molecule is C[CH]C(=O)N1CCC(CCn2c(Br)nc3c(N)ncnc32)CC1. The van der Waals surface area contributed by atoms with E-state index in [-0.39, 0.29) is 5.91 Å². The first-order valence-electron chi connectivity index (χ1n) is 7.80. The third-order valence-electron chi connectivity index (χ3n) is 4.45. The Morgan fingerprint density at radius 1 is 1.43 bits per heavy atom. The van der Waals surface area contributed by atoms with Gasteiger partial charge in [0, 0.05) is 26.1 Å². The predicted octanol–water partition coefficient (Wildman–Crippen LogP) is 2.02. The molecule has 2 aromatic heterocycles. The lowest BCUT2D eigenvalue weighted by Gasteiger charge is -2.31. The zero-order valence-electron chi connectivity index (χ0n) is 13.1. The molecule has 3 heterocycles. The highest BCUT2D eigenvalue weighted by molar-refractivity contribution is 9.10. The van der Waals surface area contributed by atoms with E-state index in [0.29, 0.717) is 17.3 Å². The van der Waals surface area contributed by atoms with Crippen molar-refractivity contribution in [2.24, 2.45) is 5.92 Å². The van der Waals surface area contributed by atoms with Gasteiger partial charge in [-0.15, -0.1) is 0 Å². The van der Waals surface area contributed by atoms with E-state index in [2.05, 4.69) is 30.9 Å². The fourth-order valence-corrected chi connectivity index (χ4v) is 3.58. The van der Waals surface area contributed by atoms with Crippen LogP contribution in [0.25, 0.3) is 11.2 Å². The fourth-order valence-electron chi connectivity index (χ4n) is 3.06. The largest absolute Gasteiger partial charge is 0.382 e. The molecule has 1 aliphatic rings. The van der Waals surface area contributed by atoms with Crippen LogP contribution in [-0.2, 0) is 11.3 Å². The number of anilines is 1. The van der Waals surface area contributed by atoms with Crippen molar-refractivity contribution in [3.63, 3.8) is 0 Å². The maximum Gasteiger partial charge on any atom is 0.226 e. The maximum atomic E-state index is 11.7. The van der Waals surface area contributed by atoms with Crippen molar-refractivity contribution < 1.29 is 4.79 Å². The van der Waals surface area contributed by atoms with Crippen molar-refractivity contribution in [2.75, 3.05) is 18.8 Å². The molecule has 23 heavy (non-hydrogen) atoms. The number of nitrogens with zero attached hydrogens (tertiary/aromatic N) is 5. The van der Waals surface area contributed by atoms with Gasteiger partial charge in [0.25, 0.3) is 0 Å². The minimum Gasteiger partial charge on any atom is -0.382 e. The summed E-state index contributed by atoms with van der Waals surface area (Å²) in [5.41, 5.74) is 7.24. The van der Waals surface area contributed by atoms with E-state index < -0.39 is 0 Å². The highest BCUT2D eigenvalue weighted by Gasteiger charge is 2.22. The lowest BCUT2D eigenvalue weighted by molar-refractivity contribution is -0.128. The van der Waals surface area contributed by atoms with Crippen molar-refractivity contribution in [2.45, 2.75) is 32.7 Å². The highest BCUT2D eigenvalue weighted by Crippen LogP contribution is 2.25. The molecule has 2 N–H and O–H groups in total. The van der Waals surface area contributed by atoms with Crippen LogP contribution in [0, 0.1) is 12.3 Å². The van der Waals surface area contributed by atoms with Crippen molar-refractivity contribution >= 4 is 38.8 Å². The lowest BCUT2D eigenvalue weighted by Crippen LogP contribution is -2.38. The number of hydrogen-bond acceptors (Lipinski definition) is 5. The van der Waals surface area contributed by atoms with Crippen molar-refractivity contribution in [3.05, 3.63) is 17.5 Å². The van der Waals surface area contributed by atoms with Crippen LogP contribution in [0.3, 0.4) is 0 Å². The van der Waals surface area contributed by atoms with Crippen molar-refractivity contribution in [1.82, 2.24) is 24.4 Å². The second kappa shape index (κ2) is 6.82. The highest BCUT2D eigenvalue weighted by atomic mass is 79.9. The first kappa shape index (κ1) is 16.2. The van der Waals surface area contributed by atoms with E-state index in [1.165, 1.54) is 6.33 Å². The first-order chi connectivity index (χ1) is 11.1. The minimum absolute atomic E-state index is 0.138. The normalized spacial score (nSPS) is 16.2. The molecule has 7 nitrogen and oxygen atoms in total. The number of imidazole rings is 1. The molecule has 0 aliphatic carbocycles. The summed E-state index contributed by atoms with van der Waals surface area (Å²) in [6.45, 7) is 4.30. The molecular formula is C15H20BrN6O. The Kier molecular flexibility index (Phi) is 4.79. The van der Waals surface area contributed by atoms with Gasteiger partial charge in [-0.05, 0) is 41.1 Å². The van der Waals surface area contributed by atoms with Gasteiger partial charge in [-0.1, -0.05) is 6.92 Å². The van der Waals surface area contributed by atoms with Crippen molar-refractivity contribution in [3.8, 4) is 0 Å². The molecule has 0 saturated carbocycles. The fraction of sp³-hybridized carbons (Fsp3) is 0.533. The Labute approximate surface area is 143 Å². The molecule has 1 saturated heterocycles. The molecule has 0 unspecified atom stereocenters. The number of fused-ring (bicyclic) bond motifs is 1. The van der Waals surface area contributed by atoms with E-state index >= 15 is 0 Å². The van der Waals surface area contributed by atoms with E-state index in [4.69, 9.17) is 5.73 Å². The van der Waals surface area contributed by atoms with Gasteiger partial charge in [-0.25, -0.2) is 15.0 Å². The van der Waals surface area contributed by atoms with Crippen LogP contribution in [0.4, 0.5) is 5.82 Å². The second-order valence-corrected chi connectivity index (χ2v) is 6.52. The molecule has 0 spiro atoms. The van der Waals surface area contributed by atoms with Gasteiger partial charge < -0.3 is 15.2 Å². The molecule has 2 aromatic rings. The van der Waals surface area contributed by atoms with Gasteiger partial charge in [0.05, 0.1) is 0 Å². The number of carbonyl (C=O) groups excluding carboxylic acids is 1. The summed E-state index contributed by atoms with van der Waals surface area (Å²) in [6.07, 6.45) is 6.22. The third-order valence-corrected chi connectivity index (χ3v) is 5.05. The Morgan fingerprint density at radius 2 is 2.17 bits per heavy atom. The summed E-state index contributed by atoms with van der Waals surface area (Å²) in [6, 6.07) is 0. The number of nitrogen functional groups attached to an aromatic ring is 1. The molecule has 1 amide bonds. The number of rotatable bonds is 4.